The van der Waals surface area contributed by atoms with Crippen LogP contribution in [0.15, 0.2) is 11.6 Å². The molecule has 0 saturated carbocycles. The van der Waals surface area contributed by atoms with Gasteiger partial charge in [0.25, 0.3) is 0 Å². The number of rotatable bonds is 2. The SMILES string of the molecule is CCOC(=O)/C(C)=C/C#CC(C)(C)C. The van der Waals surface area contributed by atoms with Gasteiger partial charge in [-0.1, -0.05) is 11.8 Å². The van der Waals surface area contributed by atoms with Gasteiger partial charge in [-0.3, -0.25) is 0 Å². The molecule has 2 heteroatoms. The number of allylic oxidation sites excluding steroid dienone is 1. The van der Waals surface area contributed by atoms with Gasteiger partial charge >= 0.3 is 5.97 Å². The molecule has 0 aromatic carbocycles. The third-order valence-corrected chi connectivity index (χ3v) is 1.33. The summed E-state index contributed by atoms with van der Waals surface area (Å²) in [6.07, 6.45) is 1.60. The van der Waals surface area contributed by atoms with E-state index in [1.165, 1.54) is 0 Å². The highest BCUT2D eigenvalue weighted by Gasteiger charge is 2.04. The third kappa shape index (κ3) is 6.30. The van der Waals surface area contributed by atoms with Crippen LogP contribution < -0.4 is 0 Å². The second-order valence-electron chi connectivity index (χ2n) is 4.07. The molecule has 0 spiro atoms. The van der Waals surface area contributed by atoms with Crippen molar-refractivity contribution >= 4 is 5.97 Å². The summed E-state index contributed by atoms with van der Waals surface area (Å²) in [7, 11) is 0. The van der Waals surface area contributed by atoms with Gasteiger partial charge in [-0.25, -0.2) is 4.79 Å². The molecule has 0 aliphatic carbocycles. The predicted octanol–water partition coefficient (Wildman–Crippen LogP) is 2.55. The normalized spacial score (nSPS) is 11.6. The first-order valence-corrected chi connectivity index (χ1v) is 4.73. The molecule has 0 radical (unpaired) electrons. The first-order valence-electron chi connectivity index (χ1n) is 4.73. The summed E-state index contributed by atoms with van der Waals surface area (Å²) in [5, 5.41) is 0. The highest BCUT2D eigenvalue weighted by molar-refractivity contribution is 5.88. The van der Waals surface area contributed by atoms with Crippen molar-refractivity contribution in [3.63, 3.8) is 0 Å². The van der Waals surface area contributed by atoms with Crippen molar-refractivity contribution < 1.29 is 9.53 Å². The van der Waals surface area contributed by atoms with Crippen molar-refractivity contribution in [2.45, 2.75) is 34.6 Å². The monoisotopic (exact) mass is 194 g/mol. The maximum atomic E-state index is 11.1. The fraction of sp³-hybridized carbons (Fsp3) is 0.583. The fourth-order valence-electron chi connectivity index (χ4n) is 0.665. The molecule has 0 aliphatic rings. The quantitative estimate of drug-likeness (QED) is 0.383. The lowest BCUT2D eigenvalue weighted by molar-refractivity contribution is -0.138. The number of hydrogen-bond donors (Lipinski definition) is 0. The molecule has 0 heterocycles. The Morgan fingerprint density at radius 2 is 2.00 bits per heavy atom. The van der Waals surface area contributed by atoms with E-state index in [2.05, 4.69) is 11.8 Å². The number of hydrogen-bond acceptors (Lipinski definition) is 2. The van der Waals surface area contributed by atoms with Gasteiger partial charge in [0, 0.05) is 11.0 Å². The molecular formula is C12H18O2. The Morgan fingerprint density at radius 1 is 1.43 bits per heavy atom. The summed E-state index contributed by atoms with van der Waals surface area (Å²) in [4.78, 5) is 11.1. The van der Waals surface area contributed by atoms with Gasteiger partial charge in [0.1, 0.15) is 0 Å². The van der Waals surface area contributed by atoms with Gasteiger partial charge in [-0.15, -0.1) is 0 Å². The zero-order valence-electron chi connectivity index (χ0n) is 9.60. The second kappa shape index (κ2) is 5.49. The van der Waals surface area contributed by atoms with E-state index in [0.717, 1.165) is 0 Å². The zero-order valence-corrected chi connectivity index (χ0v) is 9.60. The predicted molar refractivity (Wildman–Crippen MR) is 57.6 cm³/mol. The summed E-state index contributed by atoms with van der Waals surface area (Å²) in [5.41, 5.74) is 0.509. The van der Waals surface area contributed by atoms with E-state index in [1.807, 2.05) is 20.8 Å². The Labute approximate surface area is 86.3 Å². The Kier molecular flexibility index (Phi) is 5.01. The molecule has 0 unspecified atom stereocenters. The van der Waals surface area contributed by atoms with Crippen LogP contribution >= 0.6 is 0 Å². The molecule has 0 bridgehead atoms. The average Bonchev–Trinajstić information content (AvgIpc) is 2.02. The van der Waals surface area contributed by atoms with Gasteiger partial charge in [0.05, 0.1) is 6.61 Å². The largest absolute Gasteiger partial charge is 0.463 e. The van der Waals surface area contributed by atoms with Crippen LogP contribution in [0.1, 0.15) is 34.6 Å². The number of esters is 1. The lowest BCUT2D eigenvalue weighted by Gasteiger charge is -2.06. The molecule has 2 nitrogen and oxygen atoms in total. The molecule has 78 valence electrons. The average molecular weight is 194 g/mol. The minimum absolute atomic E-state index is 0.0363. The molecule has 14 heavy (non-hydrogen) atoms. The maximum Gasteiger partial charge on any atom is 0.334 e. The first-order chi connectivity index (χ1) is 6.37. The third-order valence-electron chi connectivity index (χ3n) is 1.33. The van der Waals surface area contributed by atoms with Gasteiger partial charge in [0.15, 0.2) is 0 Å². The Balaban J connectivity index is 4.37. The van der Waals surface area contributed by atoms with Crippen LogP contribution in [-0.2, 0) is 9.53 Å². The van der Waals surface area contributed by atoms with E-state index in [-0.39, 0.29) is 11.4 Å². The summed E-state index contributed by atoms with van der Waals surface area (Å²) < 4.78 is 4.81. The fourth-order valence-corrected chi connectivity index (χ4v) is 0.665. The van der Waals surface area contributed by atoms with Crippen LogP contribution in [-0.4, -0.2) is 12.6 Å². The van der Waals surface area contributed by atoms with Crippen molar-refractivity contribution in [2.75, 3.05) is 6.61 Å². The van der Waals surface area contributed by atoms with E-state index < -0.39 is 0 Å². The molecule has 0 atom stereocenters. The standard InChI is InChI=1S/C12H18O2/c1-6-14-11(13)10(2)8-7-9-12(3,4)5/h8H,6H2,1-5H3/b10-8+. The zero-order chi connectivity index (χ0) is 11.2. The number of ether oxygens (including phenoxy) is 1. The Bertz CT molecular complexity index is 282. The van der Waals surface area contributed by atoms with Crippen molar-refractivity contribution in [3.05, 3.63) is 11.6 Å². The van der Waals surface area contributed by atoms with Crippen molar-refractivity contribution in [3.8, 4) is 11.8 Å². The van der Waals surface area contributed by atoms with E-state index in [1.54, 1.807) is 19.9 Å². The number of carbonyl (C=O) groups is 1. The van der Waals surface area contributed by atoms with E-state index in [0.29, 0.717) is 12.2 Å². The molecule has 0 aromatic rings. The molecule has 0 aliphatic heterocycles. The molecular weight excluding hydrogens is 176 g/mol. The van der Waals surface area contributed by atoms with Crippen molar-refractivity contribution in [1.29, 1.82) is 0 Å². The van der Waals surface area contributed by atoms with Crippen LogP contribution in [0.5, 0.6) is 0 Å². The number of carbonyl (C=O) groups excluding carboxylic acids is 1. The summed E-state index contributed by atoms with van der Waals surface area (Å²) in [5.74, 6) is 5.57. The van der Waals surface area contributed by atoms with Gasteiger partial charge < -0.3 is 4.74 Å². The topological polar surface area (TPSA) is 26.3 Å². The molecule has 0 rings (SSSR count). The lowest BCUT2D eigenvalue weighted by atomic mass is 9.98. The Hall–Kier alpha value is -1.23. The van der Waals surface area contributed by atoms with Gasteiger partial charge in [-0.2, -0.15) is 0 Å². The molecule has 0 aromatic heterocycles. The van der Waals surface area contributed by atoms with Crippen LogP contribution in [0.25, 0.3) is 0 Å². The smallest absolute Gasteiger partial charge is 0.334 e. The lowest BCUT2D eigenvalue weighted by Crippen LogP contribution is -2.04. The highest BCUT2D eigenvalue weighted by Crippen LogP contribution is 2.09. The minimum atomic E-state index is -0.296. The van der Waals surface area contributed by atoms with Crippen LogP contribution in [0.4, 0.5) is 0 Å². The van der Waals surface area contributed by atoms with Crippen LogP contribution in [0.2, 0.25) is 0 Å². The van der Waals surface area contributed by atoms with E-state index in [9.17, 15) is 4.79 Å². The minimum Gasteiger partial charge on any atom is -0.463 e. The summed E-state index contributed by atoms with van der Waals surface area (Å²) in [6.45, 7) is 9.95. The molecule has 0 amide bonds. The van der Waals surface area contributed by atoms with Crippen LogP contribution in [0, 0.1) is 17.3 Å². The van der Waals surface area contributed by atoms with E-state index >= 15 is 0 Å². The van der Waals surface area contributed by atoms with Crippen molar-refractivity contribution in [1.82, 2.24) is 0 Å². The molecule has 0 saturated heterocycles. The molecule has 0 fully saturated rings. The van der Waals surface area contributed by atoms with Gasteiger partial charge in [-0.05, 0) is 40.7 Å². The summed E-state index contributed by atoms with van der Waals surface area (Å²) in [6, 6.07) is 0. The van der Waals surface area contributed by atoms with Gasteiger partial charge in [0.2, 0.25) is 0 Å². The van der Waals surface area contributed by atoms with Crippen LogP contribution in [0.3, 0.4) is 0 Å². The van der Waals surface area contributed by atoms with E-state index in [4.69, 9.17) is 4.74 Å². The van der Waals surface area contributed by atoms with Crippen molar-refractivity contribution in [2.24, 2.45) is 5.41 Å². The Morgan fingerprint density at radius 3 is 2.43 bits per heavy atom. The highest BCUT2D eigenvalue weighted by atomic mass is 16.5. The second-order valence-corrected chi connectivity index (χ2v) is 4.07. The molecule has 0 N–H and O–H groups in total. The maximum absolute atomic E-state index is 11.1. The summed E-state index contributed by atoms with van der Waals surface area (Å²) >= 11 is 0. The first kappa shape index (κ1) is 12.8.